The number of nitrogens with zero attached hydrogens (tertiary/aromatic N) is 2. The maximum Gasteiger partial charge on any atom is 0.123 e. The van der Waals surface area contributed by atoms with Crippen LogP contribution in [-0.4, -0.2) is 29.5 Å². The molecule has 0 radical (unpaired) electrons. The lowest BCUT2D eigenvalue weighted by Crippen LogP contribution is -2.33. The third-order valence-electron chi connectivity index (χ3n) is 4.31. The molecule has 2 unspecified atom stereocenters. The maximum atomic E-state index is 13.2. The van der Waals surface area contributed by atoms with Crippen LogP contribution in [0, 0.1) is 11.7 Å². The Balaban J connectivity index is 1.68. The van der Waals surface area contributed by atoms with Gasteiger partial charge in [0.25, 0.3) is 0 Å². The Morgan fingerprint density at radius 2 is 2.08 bits per heavy atom. The molecule has 126 valence electrons. The smallest absolute Gasteiger partial charge is 0.123 e. The molecule has 1 saturated heterocycles. The van der Waals surface area contributed by atoms with E-state index in [1.807, 2.05) is 42.6 Å². The molecule has 0 amide bonds. The summed E-state index contributed by atoms with van der Waals surface area (Å²) in [6.07, 6.45) is 3.74. The first-order valence-electron chi connectivity index (χ1n) is 8.23. The molecule has 1 aromatic carbocycles. The van der Waals surface area contributed by atoms with Gasteiger partial charge in [-0.15, -0.1) is 6.58 Å². The molecular weight excluding hydrogens is 303 g/mol. The topological polar surface area (TPSA) is 40.2 Å². The summed E-state index contributed by atoms with van der Waals surface area (Å²) in [6.45, 7) is 7.25. The van der Waals surface area contributed by atoms with E-state index in [-0.39, 0.29) is 11.9 Å². The molecule has 0 bridgehead atoms. The van der Waals surface area contributed by atoms with E-state index in [4.69, 9.17) is 0 Å². The Labute approximate surface area is 142 Å². The third-order valence-corrected chi connectivity index (χ3v) is 4.31. The van der Waals surface area contributed by atoms with Crippen molar-refractivity contribution in [3.63, 3.8) is 0 Å². The SMILES string of the molecule is C=CCN(Cc1ccccn1)CC1CNNC1c1ccc(F)cc1. The highest BCUT2D eigenvalue weighted by atomic mass is 19.1. The van der Waals surface area contributed by atoms with Gasteiger partial charge in [0, 0.05) is 38.3 Å². The van der Waals surface area contributed by atoms with Gasteiger partial charge >= 0.3 is 0 Å². The number of benzene rings is 1. The lowest BCUT2D eigenvalue weighted by Gasteiger charge is -2.27. The van der Waals surface area contributed by atoms with Crippen molar-refractivity contribution in [2.75, 3.05) is 19.6 Å². The molecule has 0 saturated carbocycles. The van der Waals surface area contributed by atoms with Gasteiger partial charge in [-0.2, -0.15) is 0 Å². The minimum absolute atomic E-state index is 0.168. The second kappa shape index (κ2) is 8.15. The van der Waals surface area contributed by atoms with Crippen LogP contribution in [0.1, 0.15) is 17.3 Å². The zero-order valence-electron chi connectivity index (χ0n) is 13.7. The molecule has 4 nitrogen and oxygen atoms in total. The van der Waals surface area contributed by atoms with Crippen LogP contribution in [0.3, 0.4) is 0 Å². The standard InChI is InChI=1S/C19H23FN4/c1-2-11-24(14-18-5-3-4-10-21-18)13-16-12-22-23-19(16)15-6-8-17(20)9-7-15/h2-10,16,19,22-23H,1,11-14H2. The quantitative estimate of drug-likeness (QED) is 0.768. The molecule has 3 rings (SSSR count). The number of hydrogen-bond acceptors (Lipinski definition) is 4. The van der Waals surface area contributed by atoms with E-state index >= 15 is 0 Å². The summed E-state index contributed by atoms with van der Waals surface area (Å²) >= 11 is 0. The van der Waals surface area contributed by atoms with Crippen molar-refractivity contribution >= 4 is 0 Å². The first-order chi connectivity index (χ1) is 11.8. The average molecular weight is 326 g/mol. The lowest BCUT2D eigenvalue weighted by molar-refractivity contribution is 0.236. The number of halogens is 1. The van der Waals surface area contributed by atoms with Crippen LogP contribution in [0.2, 0.25) is 0 Å². The molecule has 1 aliphatic heterocycles. The molecule has 1 aromatic heterocycles. The van der Waals surface area contributed by atoms with Crippen LogP contribution in [-0.2, 0) is 6.54 Å². The van der Waals surface area contributed by atoms with Gasteiger partial charge < -0.3 is 0 Å². The summed E-state index contributed by atoms with van der Waals surface area (Å²) in [5.41, 5.74) is 8.70. The summed E-state index contributed by atoms with van der Waals surface area (Å²) in [6, 6.07) is 12.9. The maximum absolute atomic E-state index is 13.2. The van der Waals surface area contributed by atoms with Crippen LogP contribution in [0.15, 0.2) is 61.3 Å². The molecule has 2 heterocycles. The number of hydrazine groups is 1. The van der Waals surface area contributed by atoms with Gasteiger partial charge in [-0.05, 0) is 29.8 Å². The van der Waals surface area contributed by atoms with Crippen LogP contribution in [0.5, 0.6) is 0 Å². The Morgan fingerprint density at radius 3 is 2.79 bits per heavy atom. The van der Waals surface area contributed by atoms with Crippen molar-refractivity contribution in [2.24, 2.45) is 5.92 Å². The second-order valence-electron chi connectivity index (χ2n) is 6.12. The monoisotopic (exact) mass is 326 g/mol. The van der Waals surface area contributed by atoms with Crippen LogP contribution >= 0.6 is 0 Å². The minimum Gasteiger partial charge on any atom is -0.293 e. The van der Waals surface area contributed by atoms with Crippen LogP contribution < -0.4 is 10.9 Å². The van der Waals surface area contributed by atoms with Gasteiger partial charge in [0.05, 0.1) is 11.7 Å². The highest BCUT2D eigenvalue weighted by Gasteiger charge is 2.29. The number of nitrogens with one attached hydrogen (secondary N) is 2. The number of aromatic nitrogens is 1. The predicted octanol–water partition coefficient (Wildman–Crippen LogP) is 2.67. The molecule has 2 aromatic rings. The van der Waals surface area contributed by atoms with E-state index in [0.29, 0.717) is 5.92 Å². The van der Waals surface area contributed by atoms with E-state index in [1.54, 1.807) is 0 Å². The highest BCUT2D eigenvalue weighted by molar-refractivity contribution is 5.21. The third kappa shape index (κ3) is 4.26. The Kier molecular flexibility index (Phi) is 5.69. The predicted molar refractivity (Wildman–Crippen MR) is 93.5 cm³/mol. The molecule has 24 heavy (non-hydrogen) atoms. The van der Waals surface area contributed by atoms with Gasteiger partial charge in [-0.1, -0.05) is 24.3 Å². The Hall–Kier alpha value is -2.08. The lowest BCUT2D eigenvalue weighted by atomic mass is 9.94. The van der Waals surface area contributed by atoms with E-state index in [0.717, 1.165) is 37.4 Å². The summed E-state index contributed by atoms with van der Waals surface area (Å²) in [4.78, 5) is 6.75. The number of rotatable bonds is 7. The molecular formula is C19H23FN4. The van der Waals surface area contributed by atoms with Crippen molar-refractivity contribution < 1.29 is 4.39 Å². The summed E-state index contributed by atoms with van der Waals surface area (Å²) < 4.78 is 13.2. The molecule has 2 N–H and O–H groups in total. The van der Waals surface area contributed by atoms with Crippen molar-refractivity contribution in [1.82, 2.24) is 20.7 Å². The van der Waals surface area contributed by atoms with Gasteiger partial charge in [-0.3, -0.25) is 15.3 Å². The first kappa shape index (κ1) is 16.8. The van der Waals surface area contributed by atoms with Crippen molar-refractivity contribution in [3.8, 4) is 0 Å². The van der Waals surface area contributed by atoms with E-state index in [9.17, 15) is 4.39 Å². The Bertz CT molecular complexity index is 644. The molecule has 1 aliphatic rings. The number of hydrogen-bond donors (Lipinski definition) is 2. The van der Waals surface area contributed by atoms with Crippen molar-refractivity contribution in [3.05, 3.63) is 78.4 Å². The first-order valence-corrected chi connectivity index (χ1v) is 8.23. The van der Waals surface area contributed by atoms with Crippen molar-refractivity contribution in [1.29, 1.82) is 0 Å². The second-order valence-corrected chi connectivity index (χ2v) is 6.12. The van der Waals surface area contributed by atoms with Gasteiger partial charge in [0.2, 0.25) is 0 Å². The van der Waals surface area contributed by atoms with Crippen molar-refractivity contribution in [2.45, 2.75) is 12.6 Å². The summed E-state index contributed by atoms with van der Waals surface area (Å²) in [5.74, 6) is 0.184. The summed E-state index contributed by atoms with van der Waals surface area (Å²) in [7, 11) is 0. The van der Waals surface area contributed by atoms with Gasteiger partial charge in [0.1, 0.15) is 5.82 Å². The molecule has 1 fully saturated rings. The normalized spacial score (nSPS) is 20.4. The molecule has 0 spiro atoms. The van der Waals surface area contributed by atoms with E-state index < -0.39 is 0 Å². The largest absolute Gasteiger partial charge is 0.293 e. The molecule has 5 heteroatoms. The molecule has 2 atom stereocenters. The van der Waals surface area contributed by atoms with E-state index in [1.165, 1.54) is 12.1 Å². The fourth-order valence-electron chi connectivity index (χ4n) is 3.17. The average Bonchev–Trinajstić information content (AvgIpc) is 3.05. The highest BCUT2D eigenvalue weighted by Crippen LogP contribution is 2.26. The zero-order valence-corrected chi connectivity index (χ0v) is 13.7. The van der Waals surface area contributed by atoms with E-state index in [2.05, 4.69) is 27.3 Å². The Morgan fingerprint density at radius 1 is 1.25 bits per heavy atom. The van der Waals surface area contributed by atoms with Crippen LogP contribution in [0.4, 0.5) is 4.39 Å². The van der Waals surface area contributed by atoms with Gasteiger partial charge in [0.15, 0.2) is 0 Å². The fraction of sp³-hybridized carbons (Fsp3) is 0.316. The fourth-order valence-corrected chi connectivity index (χ4v) is 3.17. The minimum atomic E-state index is -0.204. The molecule has 0 aliphatic carbocycles. The van der Waals surface area contributed by atoms with Gasteiger partial charge in [-0.25, -0.2) is 9.82 Å². The summed E-state index contributed by atoms with van der Waals surface area (Å²) in [5, 5.41) is 0. The number of pyridine rings is 1. The zero-order chi connectivity index (χ0) is 16.8. The van der Waals surface area contributed by atoms with Crippen LogP contribution in [0.25, 0.3) is 0 Å².